The van der Waals surface area contributed by atoms with Crippen molar-refractivity contribution in [3.8, 4) is 5.75 Å². The number of ether oxygens (including phenoxy) is 1. The molecule has 0 fully saturated rings. The van der Waals surface area contributed by atoms with Crippen LogP contribution in [0.15, 0.2) is 83.9 Å². The first kappa shape index (κ1) is 22.8. The fraction of sp³-hybridized carbons (Fsp3) is 0.174. The van der Waals surface area contributed by atoms with Gasteiger partial charge in [0.25, 0.3) is 0 Å². The van der Waals surface area contributed by atoms with Crippen LogP contribution < -0.4 is 15.8 Å². The van der Waals surface area contributed by atoms with Crippen molar-refractivity contribution in [2.45, 2.75) is 25.6 Å². The summed E-state index contributed by atoms with van der Waals surface area (Å²) in [5.41, 5.74) is 10.3. The average Bonchev–Trinajstić information content (AvgIpc) is 2.71. The van der Waals surface area contributed by atoms with Crippen LogP contribution in [-0.4, -0.2) is 11.9 Å². The van der Waals surface area contributed by atoms with Gasteiger partial charge >= 0.3 is 0 Å². The molecule has 1 aliphatic rings. The number of aliphatic imine (C=N–C) groups is 1. The molecule has 0 aliphatic carbocycles. The van der Waals surface area contributed by atoms with E-state index >= 15 is 0 Å². The summed E-state index contributed by atoms with van der Waals surface area (Å²) in [6, 6.07) is 27.2. The van der Waals surface area contributed by atoms with Crippen molar-refractivity contribution < 1.29 is 4.74 Å². The number of nitrogens with two attached hydrogens (primary N) is 1. The van der Waals surface area contributed by atoms with Crippen molar-refractivity contribution in [2.24, 2.45) is 10.7 Å². The largest absolute Gasteiger partial charge is 0.481 e. The molecule has 0 saturated carbocycles. The predicted molar refractivity (Wildman–Crippen MR) is 124 cm³/mol. The Bertz CT molecular complexity index is 909. The zero-order chi connectivity index (χ0) is 18.6. The highest BCUT2D eigenvalue weighted by Crippen LogP contribution is 2.33. The zero-order valence-corrected chi connectivity index (χ0v) is 17.7. The molecule has 0 amide bonds. The first-order valence-corrected chi connectivity index (χ1v) is 9.17. The number of amidine groups is 1. The maximum atomic E-state index is 5.93. The highest BCUT2D eigenvalue weighted by molar-refractivity contribution is 5.89. The SMILES string of the molecule is CC1Oc2ccc(CNC(c3ccccc3)c3ccccc3)cc2N=C1N.Cl.Cl. The summed E-state index contributed by atoms with van der Waals surface area (Å²) in [4.78, 5) is 4.47. The maximum Gasteiger partial charge on any atom is 0.153 e. The van der Waals surface area contributed by atoms with Crippen LogP contribution in [-0.2, 0) is 6.54 Å². The van der Waals surface area contributed by atoms with Crippen LogP contribution in [0.4, 0.5) is 5.69 Å². The van der Waals surface area contributed by atoms with E-state index in [1.54, 1.807) is 0 Å². The van der Waals surface area contributed by atoms with Crippen molar-refractivity contribution >= 4 is 36.3 Å². The summed E-state index contributed by atoms with van der Waals surface area (Å²) in [6.45, 7) is 2.62. The zero-order valence-electron chi connectivity index (χ0n) is 16.1. The van der Waals surface area contributed by atoms with Crippen LogP contribution in [0.1, 0.15) is 29.7 Å². The molecule has 1 heterocycles. The summed E-state index contributed by atoms with van der Waals surface area (Å²) < 4.78 is 5.79. The molecule has 3 N–H and O–H groups in total. The fourth-order valence-corrected chi connectivity index (χ4v) is 3.28. The molecule has 3 aromatic carbocycles. The van der Waals surface area contributed by atoms with Crippen LogP contribution >= 0.6 is 24.8 Å². The molecular weight excluding hydrogens is 405 g/mol. The van der Waals surface area contributed by atoms with Crippen LogP contribution in [0.2, 0.25) is 0 Å². The quantitative estimate of drug-likeness (QED) is 0.587. The van der Waals surface area contributed by atoms with E-state index in [4.69, 9.17) is 10.5 Å². The van der Waals surface area contributed by atoms with Gasteiger partial charge in [0.15, 0.2) is 6.10 Å². The second-order valence-electron chi connectivity index (χ2n) is 6.73. The molecule has 1 aliphatic heterocycles. The van der Waals surface area contributed by atoms with Gasteiger partial charge in [-0.3, -0.25) is 0 Å². The number of fused-ring (bicyclic) bond motifs is 1. The van der Waals surface area contributed by atoms with Crippen LogP contribution in [0.3, 0.4) is 0 Å². The van der Waals surface area contributed by atoms with E-state index < -0.39 is 0 Å². The molecule has 0 bridgehead atoms. The van der Waals surface area contributed by atoms with E-state index in [-0.39, 0.29) is 37.0 Å². The minimum absolute atomic E-state index is 0. The van der Waals surface area contributed by atoms with Crippen molar-refractivity contribution in [2.75, 3.05) is 0 Å². The molecule has 0 saturated heterocycles. The van der Waals surface area contributed by atoms with Crippen LogP contribution in [0.5, 0.6) is 5.75 Å². The minimum Gasteiger partial charge on any atom is -0.481 e. The third-order valence-electron chi connectivity index (χ3n) is 4.77. The molecule has 1 atom stereocenters. The van der Waals surface area contributed by atoms with Crippen molar-refractivity contribution in [3.05, 3.63) is 95.6 Å². The fourth-order valence-electron chi connectivity index (χ4n) is 3.28. The summed E-state index contributed by atoms with van der Waals surface area (Å²) >= 11 is 0. The van der Waals surface area contributed by atoms with E-state index in [9.17, 15) is 0 Å². The molecule has 0 aromatic heterocycles. The first-order valence-electron chi connectivity index (χ1n) is 9.17. The van der Waals surface area contributed by atoms with Gasteiger partial charge in [-0.05, 0) is 35.7 Å². The lowest BCUT2D eigenvalue weighted by Gasteiger charge is -2.22. The standard InChI is InChI=1S/C23H23N3O.2ClH/c1-16-23(24)26-20-14-17(12-13-21(20)27-16)15-25-22(18-8-4-2-5-9-18)19-10-6-3-7-11-19;;/h2-14,16,22,25H,15H2,1H3,(H2,24,26);2*1H. The van der Waals surface area contributed by atoms with E-state index in [0.717, 1.165) is 17.0 Å². The third-order valence-corrected chi connectivity index (χ3v) is 4.77. The summed E-state index contributed by atoms with van der Waals surface area (Å²) in [7, 11) is 0. The Morgan fingerprint density at radius 1 is 0.931 bits per heavy atom. The van der Waals surface area contributed by atoms with E-state index in [0.29, 0.717) is 12.4 Å². The van der Waals surface area contributed by atoms with Gasteiger partial charge in [0.2, 0.25) is 0 Å². The molecule has 3 aromatic rings. The van der Waals surface area contributed by atoms with Gasteiger partial charge < -0.3 is 15.8 Å². The molecule has 0 spiro atoms. The second kappa shape index (κ2) is 10.3. The number of nitrogens with zero attached hydrogens (tertiary/aromatic N) is 1. The number of nitrogens with one attached hydrogen (secondary N) is 1. The van der Waals surface area contributed by atoms with E-state index in [1.807, 2.05) is 31.2 Å². The molecule has 4 rings (SSSR count). The number of rotatable bonds is 5. The van der Waals surface area contributed by atoms with Gasteiger partial charge in [-0.1, -0.05) is 66.7 Å². The molecule has 1 unspecified atom stereocenters. The molecule has 0 radical (unpaired) electrons. The second-order valence-corrected chi connectivity index (χ2v) is 6.73. The lowest BCUT2D eigenvalue weighted by atomic mass is 9.98. The van der Waals surface area contributed by atoms with Gasteiger partial charge in [-0.2, -0.15) is 0 Å². The maximum absolute atomic E-state index is 5.93. The Hall–Kier alpha value is -2.53. The normalized spacial score (nSPS) is 14.7. The Morgan fingerprint density at radius 3 is 2.10 bits per heavy atom. The summed E-state index contributed by atoms with van der Waals surface area (Å²) in [6.07, 6.45) is -0.179. The van der Waals surface area contributed by atoms with Crippen LogP contribution in [0, 0.1) is 0 Å². The first-order chi connectivity index (χ1) is 13.2. The molecular formula is C23H25Cl2N3O. The molecule has 4 nitrogen and oxygen atoms in total. The Morgan fingerprint density at radius 2 is 1.52 bits per heavy atom. The number of benzene rings is 3. The van der Waals surface area contributed by atoms with Gasteiger partial charge in [0.05, 0.1) is 6.04 Å². The van der Waals surface area contributed by atoms with Gasteiger partial charge in [0.1, 0.15) is 17.3 Å². The molecule has 29 heavy (non-hydrogen) atoms. The number of halogens is 2. The smallest absolute Gasteiger partial charge is 0.153 e. The van der Waals surface area contributed by atoms with Gasteiger partial charge in [-0.25, -0.2) is 4.99 Å². The third kappa shape index (κ3) is 5.30. The van der Waals surface area contributed by atoms with Crippen molar-refractivity contribution in [1.82, 2.24) is 5.32 Å². The highest BCUT2D eigenvalue weighted by atomic mass is 35.5. The van der Waals surface area contributed by atoms with Gasteiger partial charge in [-0.15, -0.1) is 24.8 Å². The highest BCUT2D eigenvalue weighted by Gasteiger charge is 2.19. The van der Waals surface area contributed by atoms with Crippen LogP contribution in [0.25, 0.3) is 0 Å². The lowest BCUT2D eigenvalue weighted by molar-refractivity contribution is 0.281. The van der Waals surface area contributed by atoms with Gasteiger partial charge in [0, 0.05) is 6.54 Å². The average molecular weight is 430 g/mol. The van der Waals surface area contributed by atoms with Crippen molar-refractivity contribution in [3.63, 3.8) is 0 Å². The number of hydrogen-bond acceptors (Lipinski definition) is 4. The van der Waals surface area contributed by atoms with Crippen molar-refractivity contribution in [1.29, 1.82) is 0 Å². The number of hydrogen-bond donors (Lipinski definition) is 2. The van der Waals surface area contributed by atoms with E-state index in [1.165, 1.54) is 11.1 Å². The molecule has 6 heteroatoms. The monoisotopic (exact) mass is 429 g/mol. The molecule has 152 valence electrons. The summed E-state index contributed by atoms with van der Waals surface area (Å²) in [5.74, 6) is 1.29. The Kier molecular flexibility index (Phi) is 8.09. The Labute approximate surface area is 184 Å². The lowest BCUT2D eigenvalue weighted by Crippen LogP contribution is -2.33. The minimum atomic E-state index is -0.179. The Balaban J connectivity index is 0.00000150. The topological polar surface area (TPSA) is 59.6 Å². The summed E-state index contributed by atoms with van der Waals surface area (Å²) in [5, 5.41) is 3.67. The predicted octanol–water partition coefficient (Wildman–Crippen LogP) is 5.18. The van der Waals surface area contributed by atoms with E-state index in [2.05, 4.69) is 64.9 Å².